The Morgan fingerprint density at radius 3 is 2.24 bits per heavy atom. The number of rotatable bonds is 5. The number of likely N-dealkylation sites (N-methyl/N-ethyl adjacent to an activating group) is 1. The molecule has 1 aromatic carbocycles. The molecule has 0 saturated carbocycles. The quantitative estimate of drug-likeness (QED) is 0.792. The summed E-state index contributed by atoms with van der Waals surface area (Å²) in [6, 6.07) is 1.93. The number of carbonyl (C=O) groups excluding carboxylic acids is 1. The smallest absolute Gasteiger partial charge is 0.180 e. The average Bonchev–Trinajstić information content (AvgIpc) is 2.28. The number of Topliss-reactive ketones (excluding diaryl/α,β-unsaturated/α-hetero) is 1. The Bertz CT molecular complexity index is 427. The van der Waals surface area contributed by atoms with Gasteiger partial charge in [-0.15, -0.1) is 0 Å². The van der Waals surface area contributed by atoms with Crippen molar-refractivity contribution < 1.29 is 14.3 Å². The molecule has 4 nitrogen and oxygen atoms in total. The molecule has 0 amide bonds. The van der Waals surface area contributed by atoms with Gasteiger partial charge in [-0.25, -0.2) is 0 Å². The number of ketones is 1. The summed E-state index contributed by atoms with van der Waals surface area (Å²) in [5.41, 5.74) is 2.45. The maximum absolute atomic E-state index is 12.0. The Hall–Kier alpha value is -1.55. The molecule has 0 radical (unpaired) electrons. The Labute approximate surface area is 102 Å². The molecule has 0 spiro atoms. The molecule has 94 valence electrons. The maximum Gasteiger partial charge on any atom is 0.180 e. The third-order valence-electron chi connectivity index (χ3n) is 2.64. The normalized spacial score (nSPS) is 10.2. The highest BCUT2D eigenvalue weighted by molar-refractivity contribution is 6.02. The van der Waals surface area contributed by atoms with Crippen LogP contribution >= 0.6 is 0 Å². The van der Waals surface area contributed by atoms with E-state index in [1.165, 1.54) is 0 Å². The third kappa shape index (κ3) is 2.58. The lowest BCUT2D eigenvalue weighted by molar-refractivity contribution is 0.0989. The molecule has 0 unspecified atom stereocenters. The molecular formula is C13H19NO3. The van der Waals surface area contributed by atoms with Crippen LogP contribution in [0.15, 0.2) is 6.07 Å². The maximum atomic E-state index is 12.0. The fourth-order valence-corrected chi connectivity index (χ4v) is 1.98. The summed E-state index contributed by atoms with van der Waals surface area (Å²) in [6.45, 7) is 4.11. The van der Waals surface area contributed by atoms with E-state index in [4.69, 9.17) is 9.47 Å². The van der Waals surface area contributed by atoms with E-state index in [0.717, 1.165) is 11.1 Å². The second-order valence-electron chi connectivity index (χ2n) is 3.91. The minimum Gasteiger partial charge on any atom is -0.493 e. The van der Waals surface area contributed by atoms with Gasteiger partial charge < -0.3 is 14.8 Å². The van der Waals surface area contributed by atoms with Gasteiger partial charge in [0.05, 0.1) is 26.3 Å². The van der Waals surface area contributed by atoms with Gasteiger partial charge in [-0.3, -0.25) is 4.79 Å². The highest BCUT2D eigenvalue weighted by atomic mass is 16.5. The summed E-state index contributed by atoms with van der Waals surface area (Å²) in [5.74, 6) is 1.14. The van der Waals surface area contributed by atoms with Crippen molar-refractivity contribution in [1.82, 2.24) is 5.32 Å². The zero-order chi connectivity index (χ0) is 13.0. The van der Waals surface area contributed by atoms with Crippen molar-refractivity contribution in [1.29, 1.82) is 0 Å². The van der Waals surface area contributed by atoms with Gasteiger partial charge in [-0.05, 0) is 32.0 Å². The Balaban J connectivity index is 3.41. The van der Waals surface area contributed by atoms with Crippen molar-refractivity contribution in [3.63, 3.8) is 0 Å². The number of carbonyl (C=O) groups is 1. The lowest BCUT2D eigenvalue weighted by Crippen LogP contribution is -2.20. The van der Waals surface area contributed by atoms with E-state index >= 15 is 0 Å². The van der Waals surface area contributed by atoms with Crippen LogP contribution in [0, 0.1) is 13.8 Å². The predicted molar refractivity (Wildman–Crippen MR) is 67.3 cm³/mol. The Morgan fingerprint density at radius 1 is 1.18 bits per heavy atom. The zero-order valence-electron chi connectivity index (χ0n) is 11.0. The highest BCUT2D eigenvalue weighted by Gasteiger charge is 2.20. The van der Waals surface area contributed by atoms with Gasteiger partial charge in [-0.1, -0.05) is 6.07 Å². The lowest BCUT2D eigenvalue weighted by atomic mass is 9.99. The fraction of sp³-hybridized carbons (Fsp3) is 0.462. The molecule has 0 bridgehead atoms. The molecule has 0 aromatic heterocycles. The van der Waals surface area contributed by atoms with Crippen LogP contribution in [0.4, 0.5) is 0 Å². The minimum absolute atomic E-state index is 0.000139. The number of nitrogens with one attached hydrogen (secondary N) is 1. The van der Waals surface area contributed by atoms with Crippen LogP contribution in [0.3, 0.4) is 0 Å². The first-order chi connectivity index (χ1) is 8.06. The predicted octanol–water partition coefficient (Wildman–Crippen LogP) is 1.72. The molecule has 1 N–H and O–H groups in total. The largest absolute Gasteiger partial charge is 0.493 e. The molecular weight excluding hydrogens is 218 g/mol. The first-order valence-corrected chi connectivity index (χ1v) is 5.46. The van der Waals surface area contributed by atoms with Gasteiger partial charge >= 0.3 is 0 Å². The molecule has 0 atom stereocenters. The summed E-state index contributed by atoms with van der Waals surface area (Å²) in [6.07, 6.45) is 0. The highest BCUT2D eigenvalue weighted by Crippen LogP contribution is 2.36. The van der Waals surface area contributed by atoms with Gasteiger partial charge in [0.2, 0.25) is 0 Å². The average molecular weight is 237 g/mol. The van der Waals surface area contributed by atoms with Crippen LogP contribution in [-0.4, -0.2) is 33.6 Å². The van der Waals surface area contributed by atoms with Crippen molar-refractivity contribution in [2.24, 2.45) is 0 Å². The van der Waals surface area contributed by atoms with Crippen molar-refractivity contribution >= 4 is 5.78 Å². The van der Waals surface area contributed by atoms with Gasteiger partial charge in [0, 0.05) is 0 Å². The first kappa shape index (κ1) is 13.5. The van der Waals surface area contributed by atoms with E-state index in [-0.39, 0.29) is 12.3 Å². The van der Waals surface area contributed by atoms with Gasteiger partial charge in [-0.2, -0.15) is 0 Å². The van der Waals surface area contributed by atoms with E-state index in [2.05, 4.69) is 5.32 Å². The van der Waals surface area contributed by atoms with E-state index < -0.39 is 0 Å². The summed E-state index contributed by atoms with van der Waals surface area (Å²) in [7, 11) is 4.87. The number of benzene rings is 1. The standard InChI is InChI=1S/C13H19NO3/c1-8-6-9(2)12(16-4)13(17-5)11(8)10(15)7-14-3/h6,14H,7H2,1-5H3. The van der Waals surface area contributed by atoms with Crippen LogP contribution in [0.25, 0.3) is 0 Å². The second-order valence-corrected chi connectivity index (χ2v) is 3.91. The van der Waals surface area contributed by atoms with Gasteiger partial charge in [0.25, 0.3) is 0 Å². The topological polar surface area (TPSA) is 47.6 Å². The van der Waals surface area contributed by atoms with Gasteiger partial charge in [0.15, 0.2) is 17.3 Å². The molecule has 1 aromatic rings. The molecule has 0 fully saturated rings. The number of methoxy groups -OCH3 is 2. The first-order valence-electron chi connectivity index (χ1n) is 5.46. The van der Waals surface area contributed by atoms with Crippen LogP contribution in [0.2, 0.25) is 0 Å². The Morgan fingerprint density at radius 2 is 1.76 bits per heavy atom. The molecule has 0 aliphatic heterocycles. The second kappa shape index (κ2) is 5.68. The summed E-state index contributed by atoms with van der Waals surface area (Å²) in [4.78, 5) is 12.0. The SMILES string of the molecule is CNCC(=O)c1c(C)cc(C)c(OC)c1OC. The van der Waals surface area contributed by atoms with Crippen molar-refractivity contribution in [2.75, 3.05) is 27.8 Å². The monoisotopic (exact) mass is 237 g/mol. The number of ether oxygens (including phenoxy) is 2. The van der Waals surface area contributed by atoms with Crippen LogP contribution in [0.5, 0.6) is 11.5 Å². The lowest BCUT2D eigenvalue weighted by Gasteiger charge is -2.16. The summed E-state index contributed by atoms with van der Waals surface area (Å²) < 4.78 is 10.6. The minimum atomic E-state index is 0.000139. The third-order valence-corrected chi connectivity index (χ3v) is 2.64. The fourth-order valence-electron chi connectivity index (χ4n) is 1.98. The molecule has 0 saturated heterocycles. The molecule has 0 heterocycles. The molecule has 1 rings (SSSR count). The van der Waals surface area contributed by atoms with E-state index in [1.54, 1.807) is 21.3 Å². The summed E-state index contributed by atoms with van der Waals surface area (Å²) in [5, 5.41) is 2.85. The Kier molecular flexibility index (Phi) is 4.52. The van der Waals surface area contributed by atoms with Crippen molar-refractivity contribution in [3.8, 4) is 11.5 Å². The van der Waals surface area contributed by atoms with Crippen molar-refractivity contribution in [2.45, 2.75) is 13.8 Å². The van der Waals surface area contributed by atoms with Crippen molar-refractivity contribution in [3.05, 3.63) is 22.8 Å². The molecule has 4 heteroatoms. The van der Waals surface area contributed by atoms with E-state index in [1.807, 2.05) is 19.9 Å². The van der Waals surface area contributed by atoms with Crippen LogP contribution in [0.1, 0.15) is 21.5 Å². The molecule has 0 aliphatic carbocycles. The van der Waals surface area contributed by atoms with Crippen LogP contribution < -0.4 is 14.8 Å². The number of hydrogen-bond donors (Lipinski definition) is 1. The zero-order valence-corrected chi connectivity index (χ0v) is 11.0. The van der Waals surface area contributed by atoms with E-state index in [9.17, 15) is 4.79 Å². The molecule has 0 aliphatic rings. The van der Waals surface area contributed by atoms with Crippen LogP contribution in [-0.2, 0) is 0 Å². The van der Waals surface area contributed by atoms with Gasteiger partial charge in [0.1, 0.15) is 0 Å². The number of hydrogen-bond acceptors (Lipinski definition) is 4. The molecule has 17 heavy (non-hydrogen) atoms. The number of aryl methyl sites for hydroxylation is 2. The van der Waals surface area contributed by atoms with E-state index in [0.29, 0.717) is 17.1 Å². The summed E-state index contributed by atoms with van der Waals surface area (Å²) >= 11 is 0.